The number of carbonyl (C=O) groups is 4. The topological polar surface area (TPSA) is 195 Å². The van der Waals surface area contributed by atoms with Crippen LogP contribution in [0, 0.1) is 12.7 Å². The SMILES string of the molecule is Cc1c(Nc2ccc(S(=O)(=O)N3CCN(CCCCCCN4CCN(c5ccc6c(c5)C(=O)N(C5CCC(=O)NC5=O)C6=O)CC4)CC3)cc2F)nc2ccc(-c3cnn(C4CC4)c3)cn2c1=O. The fourth-order valence-electron chi connectivity index (χ4n) is 9.68. The Morgan fingerprint density at radius 3 is 2.16 bits per heavy atom. The molecule has 5 aliphatic rings. The fourth-order valence-corrected chi connectivity index (χ4v) is 11.1. The number of piperidine rings is 1. The maximum absolute atomic E-state index is 15.6. The lowest BCUT2D eigenvalue weighted by Crippen LogP contribution is -2.54. The van der Waals surface area contributed by atoms with Gasteiger partial charge >= 0.3 is 0 Å². The van der Waals surface area contributed by atoms with E-state index in [1.165, 1.54) is 20.8 Å². The third kappa shape index (κ3) is 9.04. The number of hydrogen-bond donors (Lipinski definition) is 2. The molecular formula is C48H54FN11O7S. The number of piperazine rings is 2. The number of sulfonamides is 1. The number of rotatable bonds is 15. The van der Waals surface area contributed by atoms with E-state index in [2.05, 4.69) is 35.4 Å². The molecular weight excluding hydrogens is 894 g/mol. The zero-order valence-electron chi connectivity index (χ0n) is 37.9. The van der Waals surface area contributed by atoms with Crippen molar-refractivity contribution in [3.05, 3.63) is 100.0 Å². The average molecular weight is 948 g/mol. The Morgan fingerprint density at radius 2 is 1.47 bits per heavy atom. The summed E-state index contributed by atoms with van der Waals surface area (Å²) >= 11 is 0. The van der Waals surface area contributed by atoms with Crippen LogP contribution in [0.15, 0.2) is 76.8 Å². The van der Waals surface area contributed by atoms with Crippen LogP contribution >= 0.6 is 0 Å². The van der Waals surface area contributed by atoms with Crippen LogP contribution in [0.2, 0.25) is 0 Å². The maximum Gasteiger partial charge on any atom is 0.262 e. The number of benzene rings is 2. The third-order valence-corrected chi connectivity index (χ3v) is 15.8. The summed E-state index contributed by atoms with van der Waals surface area (Å²) in [5, 5.41) is 9.60. The molecule has 5 aromatic rings. The first-order valence-corrected chi connectivity index (χ1v) is 25.0. The normalized spacial score (nSPS) is 19.8. The van der Waals surface area contributed by atoms with Gasteiger partial charge in [-0.15, -0.1) is 0 Å². The summed E-state index contributed by atoms with van der Waals surface area (Å²) in [6.45, 7) is 8.57. The van der Waals surface area contributed by atoms with E-state index in [-0.39, 0.29) is 51.5 Å². The van der Waals surface area contributed by atoms with Crippen LogP contribution in [-0.2, 0) is 19.6 Å². The Morgan fingerprint density at radius 1 is 0.765 bits per heavy atom. The number of halogens is 1. The summed E-state index contributed by atoms with van der Waals surface area (Å²) in [6.07, 6.45) is 12.1. The smallest absolute Gasteiger partial charge is 0.262 e. The largest absolute Gasteiger partial charge is 0.369 e. The van der Waals surface area contributed by atoms with Crippen molar-refractivity contribution in [3.63, 3.8) is 0 Å². The molecule has 3 aromatic heterocycles. The van der Waals surface area contributed by atoms with Gasteiger partial charge in [0.25, 0.3) is 17.4 Å². The second kappa shape index (κ2) is 18.6. The minimum absolute atomic E-state index is 0.00884. The van der Waals surface area contributed by atoms with Gasteiger partial charge in [-0.25, -0.2) is 17.8 Å². The quantitative estimate of drug-likeness (QED) is 0.112. The summed E-state index contributed by atoms with van der Waals surface area (Å²) < 4.78 is 47.7. The zero-order chi connectivity index (χ0) is 47.3. The number of hydrogen-bond acceptors (Lipinski definition) is 13. The number of imide groups is 2. The van der Waals surface area contributed by atoms with Crippen molar-refractivity contribution < 1.29 is 32.0 Å². The van der Waals surface area contributed by atoms with E-state index in [0.29, 0.717) is 37.9 Å². The Hall–Kier alpha value is -6.35. The van der Waals surface area contributed by atoms with Crippen molar-refractivity contribution in [2.24, 2.45) is 0 Å². The number of pyridine rings is 1. The number of carbonyl (C=O) groups excluding carboxylic acids is 4. The Balaban J connectivity index is 0.642. The molecule has 4 aliphatic heterocycles. The summed E-state index contributed by atoms with van der Waals surface area (Å²) in [5.41, 5.74) is 3.52. The molecule has 68 heavy (non-hydrogen) atoms. The van der Waals surface area contributed by atoms with Crippen LogP contribution in [0.25, 0.3) is 16.8 Å². The molecule has 4 fully saturated rings. The lowest BCUT2D eigenvalue weighted by atomic mass is 10.0. The number of nitrogens with one attached hydrogen (secondary N) is 2. The van der Waals surface area contributed by atoms with Gasteiger partial charge in [0, 0.05) is 88.0 Å². The van der Waals surface area contributed by atoms with Crippen LogP contribution in [0.3, 0.4) is 0 Å². The number of anilines is 3. The highest BCUT2D eigenvalue weighted by Crippen LogP contribution is 2.36. The summed E-state index contributed by atoms with van der Waals surface area (Å²) in [4.78, 5) is 76.3. The molecule has 20 heteroatoms. The van der Waals surface area contributed by atoms with Crippen LogP contribution in [0.1, 0.15) is 83.7 Å². The van der Waals surface area contributed by atoms with Crippen LogP contribution in [0.4, 0.5) is 21.6 Å². The summed E-state index contributed by atoms with van der Waals surface area (Å²) in [5.74, 6) is -2.62. The third-order valence-electron chi connectivity index (χ3n) is 13.9. The molecule has 0 spiro atoms. The molecule has 1 saturated carbocycles. The molecule has 1 atom stereocenters. The van der Waals surface area contributed by atoms with Gasteiger partial charge in [0.05, 0.1) is 39.5 Å². The van der Waals surface area contributed by atoms with Gasteiger partial charge in [-0.3, -0.25) is 48.2 Å². The number of fused-ring (bicyclic) bond motifs is 2. The van der Waals surface area contributed by atoms with Crippen molar-refractivity contribution >= 4 is 56.5 Å². The highest BCUT2D eigenvalue weighted by Gasteiger charge is 2.45. The van der Waals surface area contributed by atoms with E-state index in [1.54, 1.807) is 37.5 Å². The van der Waals surface area contributed by atoms with Crippen molar-refractivity contribution in [2.75, 3.05) is 75.7 Å². The average Bonchev–Trinajstić information content (AvgIpc) is 4.02. The Bertz CT molecular complexity index is 2990. The van der Waals surface area contributed by atoms with E-state index in [9.17, 15) is 32.4 Å². The molecule has 0 radical (unpaired) electrons. The highest BCUT2D eigenvalue weighted by molar-refractivity contribution is 7.89. The molecule has 1 aliphatic carbocycles. The zero-order valence-corrected chi connectivity index (χ0v) is 38.7. The number of nitrogens with zero attached hydrogens (tertiary/aromatic N) is 9. The molecule has 18 nitrogen and oxygen atoms in total. The van der Waals surface area contributed by atoms with Crippen molar-refractivity contribution in [1.29, 1.82) is 0 Å². The molecule has 3 saturated heterocycles. The first-order chi connectivity index (χ1) is 32.8. The van der Waals surface area contributed by atoms with Gasteiger partial charge in [-0.05, 0) is 101 Å². The molecule has 1 unspecified atom stereocenters. The lowest BCUT2D eigenvalue weighted by molar-refractivity contribution is -0.136. The monoisotopic (exact) mass is 947 g/mol. The van der Waals surface area contributed by atoms with Gasteiger partial charge < -0.3 is 15.1 Å². The molecule has 356 valence electrons. The predicted molar refractivity (Wildman–Crippen MR) is 251 cm³/mol. The molecule has 10 rings (SSSR count). The fraction of sp³-hybridized carbons (Fsp3) is 0.438. The van der Waals surface area contributed by atoms with Gasteiger partial charge in [-0.1, -0.05) is 12.8 Å². The number of amides is 4. The predicted octanol–water partition coefficient (Wildman–Crippen LogP) is 4.17. The van der Waals surface area contributed by atoms with Crippen molar-refractivity contribution in [2.45, 2.75) is 75.3 Å². The second-order valence-electron chi connectivity index (χ2n) is 18.4. The van der Waals surface area contributed by atoms with Crippen molar-refractivity contribution in [1.82, 2.24) is 43.5 Å². The van der Waals surface area contributed by atoms with Crippen LogP contribution in [0.5, 0.6) is 0 Å². The van der Waals surface area contributed by atoms with Crippen molar-refractivity contribution in [3.8, 4) is 11.1 Å². The van der Waals surface area contributed by atoms with Gasteiger partial charge in [-0.2, -0.15) is 9.40 Å². The molecule has 0 bridgehead atoms. The lowest BCUT2D eigenvalue weighted by Gasteiger charge is -2.36. The number of aromatic nitrogens is 4. The van der Waals surface area contributed by atoms with Gasteiger partial charge in [0.1, 0.15) is 23.3 Å². The molecule has 2 N–H and O–H groups in total. The standard InChI is InChI=1S/C48H54FN11O7S/c1-31-44(52-42-14-6-32(29-58(42)46(31)63)33-28-50-59(30-33)34-7-8-34)51-40-12-10-36(27-39(40)49)68(66,67)57-24-20-55(21-25-57)17-5-3-2-4-16-54-18-22-56(23-19-54)35-9-11-37-38(26-35)48(65)60(47(37)64)41-13-15-43(61)53-45(41)62/h6,9-12,14,26-30,34,41,51H,2-5,7-8,13,15-25H2,1H3,(H,53,61,62). The first-order valence-electron chi connectivity index (χ1n) is 23.5. The Labute approximate surface area is 392 Å². The second-order valence-corrected chi connectivity index (χ2v) is 20.3. The van der Waals surface area contributed by atoms with Crippen LogP contribution < -0.4 is 21.1 Å². The molecule has 7 heterocycles. The van der Waals surface area contributed by atoms with Crippen LogP contribution in [-0.4, -0.2) is 142 Å². The van der Waals surface area contributed by atoms with E-state index in [0.717, 1.165) is 106 Å². The highest BCUT2D eigenvalue weighted by atomic mass is 32.2. The molecule has 4 amide bonds. The number of unbranched alkanes of at least 4 members (excludes halogenated alkanes) is 3. The Kier molecular flexibility index (Phi) is 12.4. The van der Waals surface area contributed by atoms with E-state index >= 15 is 4.39 Å². The van der Waals surface area contributed by atoms with E-state index < -0.39 is 45.5 Å². The maximum atomic E-state index is 15.6. The first kappa shape index (κ1) is 45.4. The molecule has 2 aromatic carbocycles. The van der Waals surface area contributed by atoms with Gasteiger partial charge in [0.15, 0.2) is 0 Å². The summed E-state index contributed by atoms with van der Waals surface area (Å²) in [6, 6.07) is 12.1. The minimum Gasteiger partial charge on any atom is -0.369 e. The van der Waals surface area contributed by atoms with Gasteiger partial charge in [0.2, 0.25) is 21.8 Å². The van der Waals surface area contributed by atoms with E-state index in [1.807, 2.05) is 23.0 Å². The summed E-state index contributed by atoms with van der Waals surface area (Å²) in [7, 11) is -3.94. The van der Waals surface area contributed by atoms with E-state index in [4.69, 9.17) is 0 Å². The minimum atomic E-state index is -3.94.